The Morgan fingerprint density at radius 3 is 2.38 bits per heavy atom. The molecule has 0 heterocycles. The molecule has 0 aliphatic heterocycles. The van der Waals surface area contributed by atoms with E-state index < -0.39 is 6.09 Å². The number of carbonyl (C=O) groups is 2. The van der Waals surface area contributed by atoms with Crippen molar-refractivity contribution in [3.8, 4) is 11.8 Å². The van der Waals surface area contributed by atoms with Crippen LogP contribution in [-0.2, 0) is 27.2 Å². The molecule has 0 fully saturated rings. The summed E-state index contributed by atoms with van der Waals surface area (Å²) in [4.78, 5) is 26.1. The number of ether oxygens (including phenoxy) is 2. The van der Waals surface area contributed by atoms with Crippen molar-refractivity contribution in [3.63, 3.8) is 0 Å². The summed E-state index contributed by atoms with van der Waals surface area (Å²) < 4.78 is 23.4. The second-order valence-electron chi connectivity index (χ2n) is 6.86. The van der Waals surface area contributed by atoms with E-state index in [-0.39, 0.29) is 31.4 Å². The van der Waals surface area contributed by atoms with Crippen LogP contribution in [0.4, 0.5) is 20.6 Å². The second kappa shape index (κ2) is 13.0. The lowest BCUT2D eigenvalue weighted by atomic mass is 10.1. The fourth-order valence-electron chi connectivity index (χ4n) is 3.00. The highest BCUT2D eigenvalue weighted by Gasteiger charge is 2.15. The van der Waals surface area contributed by atoms with Gasteiger partial charge in [0.2, 0.25) is 0 Å². The van der Waals surface area contributed by atoms with Crippen LogP contribution in [-0.4, -0.2) is 31.8 Å². The summed E-state index contributed by atoms with van der Waals surface area (Å²) in [5.41, 5.74) is 2.78. The standard InChI is InChI=1S/C25H29FN2O4/c1-4-7-8-15-28(18-19-9-12-21(26)13-10-19)22-14-11-20(16-24(29)31-5-2)23(17-22)27-25(30)32-6-3/h9-14,17H,4-6,15-16,18H2,1-3H3,(H,27,30). The van der Waals surface area contributed by atoms with Crippen molar-refractivity contribution in [1.82, 2.24) is 0 Å². The molecule has 0 saturated carbocycles. The van der Waals surface area contributed by atoms with Crippen molar-refractivity contribution < 1.29 is 23.5 Å². The molecular formula is C25H29FN2O4. The summed E-state index contributed by atoms with van der Waals surface area (Å²) in [7, 11) is 0. The Hall–Kier alpha value is -3.53. The summed E-state index contributed by atoms with van der Waals surface area (Å²) in [6.45, 7) is 6.87. The largest absolute Gasteiger partial charge is 0.466 e. The van der Waals surface area contributed by atoms with Gasteiger partial charge in [0.1, 0.15) is 5.82 Å². The Labute approximate surface area is 188 Å². The van der Waals surface area contributed by atoms with Gasteiger partial charge in [0.25, 0.3) is 0 Å². The molecule has 6 nitrogen and oxygen atoms in total. The second-order valence-corrected chi connectivity index (χ2v) is 6.86. The molecule has 0 aliphatic rings. The summed E-state index contributed by atoms with van der Waals surface area (Å²) in [5.74, 6) is 5.50. The number of nitrogens with zero attached hydrogens (tertiary/aromatic N) is 1. The zero-order valence-electron chi connectivity index (χ0n) is 18.7. The number of amides is 1. The highest BCUT2D eigenvalue weighted by Crippen LogP contribution is 2.26. The lowest BCUT2D eigenvalue weighted by Crippen LogP contribution is -2.24. The SMILES string of the molecule is CCC#CCN(Cc1ccc(F)cc1)c1ccc(CC(=O)OCC)c(NC(=O)OCC)c1. The molecule has 2 aromatic carbocycles. The van der Waals surface area contributed by atoms with Crippen LogP contribution < -0.4 is 10.2 Å². The molecule has 2 rings (SSSR count). The average molecular weight is 441 g/mol. The number of anilines is 2. The Morgan fingerprint density at radius 2 is 1.72 bits per heavy atom. The molecule has 0 aromatic heterocycles. The zero-order chi connectivity index (χ0) is 23.3. The summed E-state index contributed by atoms with van der Waals surface area (Å²) in [6, 6.07) is 11.7. The van der Waals surface area contributed by atoms with Gasteiger partial charge in [-0.2, -0.15) is 0 Å². The topological polar surface area (TPSA) is 67.9 Å². The third-order valence-corrected chi connectivity index (χ3v) is 4.47. The lowest BCUT2D eigenvalue weighted by molar-refractivity contribution is -0.142. The van der Waals surface area contributed by atoms with Crippen LogP contribution in [0.2, 0.25) is 0 Å². The normalized spacial score (nSPS) is 10.0. The fraction of sp³-hybridized carbons (Fsp3) is 0.360. The maximum Gasteiger partial charge on any atom is 0.411 e. The molecule has 0 unspecified atom stereocenters. The molecular weight excluding hydrogens is 411 g/mol. The maximum absolute atomic E-state index is 13.3. The van der Waals surface area contributed by atoms with Crippen LogP contribution in [0.1, 0.15) is 38.3 Å². The van der Waals surface area contributed by atoms with Gasteiger partial charge in [0, 0.05) is 24.3 Å². The summed E-state index contributed by atoms with van der Waals surface area (Å²) in [6.07, 6.45) is 0.146. The van der Waals surface area contributed by atoms with Gasteiger partial charge < -0.3 is 14.4 Å². The van der Waals surface area contributed by atoms with Crippen molar-refractivity contribution >= 4 is 23.4 Å². The van der Waals surface area contributed by atoms with E-state index >= 15 is 0 Å². The van der Waals surface area contributed by atoms with Gasteiger partial charge in [-0.15, -0.1) is 5.92 Å². The van der Waals surface area contributed by atoms with Crippen LogP contribution in [0.25, 0.3) is 0 Å². The van der Waals surface area contributed by atoms with Crippen molar-refractivity contribution in [2.75, 3.05) is 30.0 Å². The average Bonchev–Trinajstić information content (AvgIpc) is 2.76. The molecule has 0 radical (unpaired) electrons. The van der Waals surface area contributed by atoms with E-state index in [1.165, 1.54) is 12.1 Å². The monoisotopic (exact) mass is 440 g/mol. The third-order valence-electron chi connectivity index (χ3n) is 4.47. The molecule has 32 heavy (non-hydrogen) atoms. The van der Waals surface area contributed by atoms with Crippen LogP contribution in [0.15, 0.2) is 42.5 Å². The van der Waals surface area contributed by atoms with Crippen molar-refractivity contribution in [3.05, 3.63) is 59.4 Å². The van der Waals surface area contributed by atoms with Gasteiger partial charge in [-0.25, -0.2) is 9.18 Å². The van der Waals surface area contributed by atoms with Gasteiger partial charge in [0.15, 0.2) is 0 Å². The van der Waals surface area contributed by atoms with Gasteiger partial charge in [-0.05, 0) is 49.2 Å². The fourth-order valence-corrected chi connectivity index (χ4v) is 3.00. The molecule has 0 aliphatic carbocycles. The number of halogens is 1. The highest BCUT2D eigenvalue weighted by atomic mass is 19.1. The van der Waals surface area contributed by atoms with E-state index in [1.54, 1.807) is 38.1 Å². The number of hydrogen-bond donors (Lipinski definition) is 1. The number of esters is 1. The molecule has 0 atom stereocenters. The molecule has 2 aromatic rings. The summed E-state index contributed by atoms with van der Waals surface area (Å²) >= 11 is 0. The highest BCUT2D eigenvalue weighted by molar-refractivity contribution is 5.88. The van der Waals surface area contributed by atoms with E-state index in [1.807, 2.05) is 17.9 Å². The quantitative estimate of drug-likeness (QED) is 0.443. The first-order valence-electron chi connectivity index (χ1n) is 10.6. The van der Waals surface area contributed by atoms with Gasteiger partial charge in [0.05, 0.1) is 26.2 Å². The molecule has 0 spiro atoms. The van der Waals surface area contributed by atoms with Crippen molar-refractivity contribution in [2.45, 2.75) is 40.2 Å². The minimum absolute atomic E-state index is 0.0173. The predicted octanol–water partition coefficient (Wildman–Crippen LogP) is 4.92. The molecule has 170 valence electrons. The first kappa shape index (κ1) is 24.7. The van der Waals surface area contributed by atoms with Crippen LogP contribution in [0, 0.1) is 17.7 Å². The molecule has 1 N–H and O–H groups in total. The van der Waals surface area contributed by atoms with E-state index in [4.69, 9.17) is 9.47 Å². The Kier molecular flexibility index (Phi) is 10.1. The minimum atomic E-state index is -0.606. The summed E-state index contributed by atoms with van der Waals surface area (Å²) in [5, 5.41) is 2.71. The number of benzene rings is 2. The van der Waals surface area contributed by atoms with Crippen molar-refractivity contribution in [2.24, 2.45) is 0 Å². The van der Waals surface area contributed by atoms with Gasteiger partial charge in [-0.1, -0.05) is 31.0 Å². The predicted molar refractivity (Wildman–Crippen MR) is 123 cm³/mol. The van der Waals surface area contributed by atoms with E-state index in [2.05, 4.69) is 17.2 Å². The van der Waals surface area contributed by atoms with E-state index in [9.17, 15) is 14.0 Å². The first-order valence-corrected chi connectivity index (χ1v) is 10.6. The molecule has 0 saturated heterocycles. The zero-order valence-corrected chi connectivity index (χ0v) is 18.7. The smallest absolute Gasteiger partial charge is 0.411 e. The first-order chi connectivity index (χ1) is 15.5. The maximum atomic E-state index is 13.3. The van der Waals surface area contributed by atoms with Crippen LogP contribution in [0.3, 0.4) is 0 Å². The molecule has 7 heteroatoms. The van der Waals surface area contributed by atoms with Crippen LogP contribution in [0.5, 0.6) is 0 Å². The Bertz CT molecular complexity index is 964. The van der Waals surface area contributed by atoms with Crippen LogP contribution >= 0.6 is 0 Å². The number of hydrogen-bond acceptors (Lipinski definition) is 5. The number of carbonyl (C=O) groups excluding carboxylic acids is 2. The van der Waals surface area contributed by atoms with Crippen molar-refractivity contribution in [1.29, 1.82) is 0 Å². The molecule has 0 bridgehead atoms. The number of rotatable bonds is 9. The van der Waals surface area contributed by atoms with E-state index in [0.29, 0.717) is 24.3 Å². The van der Waals surface area contributed by atoms with Gasteiger partial charge in [-0.3, -0.25) is 10.1 Å². The molecule has 1 amide bonds. The van der Waals surface area contributed by atoms with E-state index in [0.717, 1.165) is 17.7 Å². The number of nitrogens with one attached hydrogen (secondary N) is 1. The third kappa shape index (κ3) is 7.95. The minimum Gasteiger partial charge on any atom is -0.466 e. The Balaban J connectivity index is 2.38. The lowest BCUT2D eigenvalue weighted by Gasteiger charge is -2.24. The van der Waals surface area contributed by atoms with Gasteiger partial charge >= 0.3 is 12.1 Å². The Morgan fingerprint density at radius 1 is 1.00 bits per heavy atom.